The molecule has 4 aromatic carbocycles. The van der Waals surface area contributed by atoms with Crippen LogP contribution in [-0.4, -0.2) is 47.9 Å². The lowest BCUT2D eigenvalue weighted by molar-refractivity contribution is -0.384. The molecule has 12 heteroatoms. The molecule has 0 fully saturated rings. The number of nitrogens with one attached hydrogen (secondary N) is 1. The Balaban J connectivity index is 1.58. The van der Waals surface area contributed by atoms with Crippen LogP contribution in [0.1, 0.15) is 33.9 Å². The zero-order valence-electron chi connectivity index (χ0n) is 24.9. The van der Waals surface area contributed by atoms with E-state index in [1.165, 1.54) is 50.6 Å². The summed E-state index contributed by atoms with van der Waals surface area (Å²) in [4.78, 5) is 42.4. The molecule has 0 bridgehead atoms. The van der Waals surface area contributed by atoms with Crippen molar-refractivity contribution in [1.82, 2.24) is 9.99 Å². The first-order valence-electron chi connectivity index (χ1n) is 14.1. The predicted molar refractivity (Wildman–Crippen MR) is 177 cm³/mol. The van der Waals surface area contributed by atoms with Gasteiger partial charge in [-0.2, -0.15) is 5.10 Å². The van der Waals surface area contributed by atoms with E-state index < -0.39 is 16.9 Å². The van der Waals surface area contributed by atoms with Gasteiger partial charge in [-0.05, 0) is 41.5 Å². The molecule has 46 heavy (non-hydrogen) atoms. The smallest absolute Gasteiger partial charge is 0.274 e. The van der Waals surface area contributed by atoms with Crippen molar-refractivity contribution >= 4 is 44.1 Å². The van der Waals surface area contributed by atoms with Crippen molar-refractivity contribution in [3.05, 3.63) is 127 Å². The number of ether oxygens (including phenoxy) is 3. The van der Waals surface area contributed by atoms with E-state index in [0.717, 1.165) is 15.4 Å². The third-order valence-corrected chi connectivity index (χ3v) is 8.32. The third-order valence-electron chi connectivity index (χ3n) is 7.82. The maximum Gasteiger partial charge on any atom is 0.274 e. The molecule has 0 saturated heterocycles. The number of methoxy groups -OCH3 is 3. The van der Waals surface area contributed by atoms with Gasteiger partial charge in [0.05, 0.1) is 43.6 Å². The quantitative estimate of drug-likeness (QED) is 0.139. The summed E-state index contributed by atoms with van der Waals surface area (Å²) < 4.78 is 17.2. The molecule has 2 heterocycles. The van der Waals surface area contributed by atoms with E-state index in [4.69, 9.17) is 19.3 Å². The van der Waals surface area contributed by atoms with Crippen LogP contribution < -0.4 is 19.8 Å². The maximum absolute atomic E-state index is 14.3. The predicted octanol–water partition coefficient (Wildman–Crippen LogP) is 6.88. The normalized spacial score (nSPS) is 14.2. The molecule has 1 aromatic heterocycles. The van der Waals surface area contributed by atoms with E-state index in [1.54, 1.807) is 12.1 Å². The highest BCUT2D eigenvalue weighted by molar-refractivity contribution is 9.10. The zero-order chi connectivity index (χ0) is 32.5. The summed E-state index contributed by atoms with van der Waals surface area (Å²) in [5.74, 6) is 0.308. The Morgan fingerprint density at radius 2 is 1.65 bits per heavy atom. The standard InChI is InChI=1S/C34H27BrN4O7/c1-44-28-15-21(16-29(45-2)32(28)46-3)34(41)38-27(20-10-7-11-23(14-20)39(42)43)18-26(37-38)31-30(19-8-5-4-6-9-19)24-17-22(35)12-13-25(24)36-33(31)40/h4-17,27H,18H2,1-3H3,(H,36,40)/t27-/m0/s1. The van der Waals surface area contributed by atoms with Crippen LogP contribution in [0.2, 0.25) is 0 Å². The molecule has 0 unspecified atom stereocenters. The number of aromatic amines is 1. The van der Waals surface area contributed by atoms with Crippen LogP contribution in [0.25, 0.3) is 22.0 Å². The van der Waals surface area contributed by atoms with Gasteiger partial charge in [-0.25, -0.2) is 5.01 Å². The number of carbonyl (C=O) groups is 1. The number of nitrogens with zero attached hydrogens (tertiary/aromatic N) is 3. The second-order valence-corrected chi connectivity index (χ2v) is 11.4. The molecule has 1 amide bonds. The minimum atomic E-state index is -0.775. The van der Waals surface area contributed by atoms with Crippen molar-refractivity contribution in [2.45, 2.75) is 12.5 Å². The van der Waals surface area contributed by atoms with Gasteiger partial charge >= 0.3 is 0 Å². The highest BCUT2D eigenvalue weighted by atomic mass is 79.9. The van der Waals surface area contributed by atoms with Gasteiger partial charge in [-0.1, -0.05) is 58.4 Å². The number of rotatable bonds is 8. The highest BCUT2D eigenvalue weighted by Crippen LogP contribution is 2.42. The van der Waals surface area contributed by atoms with Crippen LogP contribution in [0.5, 0.6) is 17.2 Å². The summed E-state index contributed by atoms with van der Waals surface area (Å²) in [6.07, 6.45) is 0.111. The molecular formula is C34H27BrN4O7. The van der Waals surface area contributed by atoms with Crippen LogP contribution >= 0.6 is 15.9 Å². The molecule has 5 aromatic rings. The Bertz CT molecular complexity index is 2070. The number of hydrogen-bond donors (Lipinski definition) is 1. The lowest BCUT2D eigenvalue weighted by atomic mass is 9.91. The summed E-state index contributed by atoms with van der Waals surface area (Å²) >= 11 is 3.55. The van der Waals surface area contributed by atoms with Crippen molar-refractivity contribution < 1.29 is 23.9 Å². The summed E-state index contributed by atoms with van der Waals surface area (Å²) in [6.45, 7) is 0. The first kappa shape index (κ1) is 30.5. The number of H-pyrrole nitrogens is 1. The van der Waals surface area contributed by atoms with Crippen molar-refractivity contribution in [3.63, 3.8) is 0 Å². The molecule has 0 aliphatic carbocycles. The molecule has 11 nitrogen and oxygen atoms in total. The molecule has 1 N–H and O–H groups in total. The fourth-order valence-electron chi connectivity index (χ4n) is 5.74. The number of hydrogen-bond acceptors (Lipinski definition) is 8. The lowest BCUT2D eigenvalue weighted by Gasteiger charge is -2.23. The second kappa shape index (κ2) is 12.5. The van der Waals surface area contributed by atoms with Crippen LogP contribution in [0.15, 0.2) is 99.3 Å². The number of hydrazone groups is 1. The van der Waals surface area contributed by atoms with E-state index in [9.17, 15) is 19.7 Å². The maximum atomic E-state index is 14.3. The van der Waals surface area contributed by atoms with E-state index in [0.29, 0.717) is 33.7 Å². The van der Waals surface area contributed by atoms with Crippen molar-refractivity contribution in [1.29, 1.82) is 0 Å². The number of pyridine rings is 1. The summed E-state index contributed by atoms with van der Waals surface area (Å²) in [5, 5.41) is 18.5. The Hall–Kier alpha value is -5.49. The van der Waals surface area contributed by atoms with Crippen LogP contribution in [-0.2, 0) is 0 Å². The topological polar surface area (TPSA) is 136 Å². The summed E-state index contributed by atoms with van der Waals surface area (Å²) in [7, 11) is 4.35. The van der Waals surface area contributed by atoms with Gasteiger partial charge in [-0.15, -0.1) is 0 Å². The Morgan fingerprint density at radius 3 is 2.30 bits per heavy atom. The Labute approximate surface area is 271 Å². The third kappa shape index (κ3) is 5.47. The first-order valence-corrected chi connectivity index (χ1v) is 14.9. The van der Waals surface area contributed by atoms with Crippen molar-refractivity contribution in [2.75, 3.05) is 21.3 Å². The molecular weight excluding hydrogens is 656 g/mol. The fourth-order valence-corrected chi connectivity index (χ4v) is 6.10. The minimum Gasteiger partial charge on any atom is -0.493 e. The van der Waals surface area contributed by atoms with Gasteiger partial charge in [0.2, 0.25) is 5.75 Å². The van der Waals surface area contributed by atoms with Crippen LogP contribution in [0, 0.1) is 10.1 Å². The first-order chi connectivity index (χ1) is 22.2. The van der Waals surface area contributed by atoms with Gasteiger partial charge in [0.15, 0.2) is 11.5 Å². The van der Waals surface area contributed by atoms with E-state index >= 15 is 0 Å². The molecule has 0 saturated carbocycles. The molecule has 232 valence electrons. The van der Waals surface area contributed by atoms with Crippen LogP contribution in [0.3, 0.4) is 0 Å². The molecule has 1 aliphatic heterocycles. The average Bonchev–Trinajstić information content (AvgIpc) is 3.52. The van der Waals surface area contributed by atoms with Crippen molar-refractivity contribution in [2.24, 2.45) is 5.10 Å². The second-order valence-electron chi connectivity index (χ2n) is 10.4. The number of non-ortho nitro benzene ring substituents is 1. The minimum absolute atomic E-state index is 0.111. The highest BCUT2D eigenvalue weighted by Gasteiger charge is 2.37. The number of halogens is 1. The number of carbonyl (C=O) groups excluding carboxylic acids is 1. The summed E-state index contributed by atoms with van der Waals surface area (Å²) in [6, 6.07) is 23.3. The fraction of sp³-hybridized carbons (Fsp3) is 0.147. The lowest BCUT2D eigenvalue weighted by Crippen LogP contribution is -2.27. The molecule has 0 radical (unpaired) electrons. The summed E-state index contributed by atoms with van der Waals surface area (Å²) in [5.41, 5.74) is 2.86. The largest absolute Gasteiger partial charge is 0.493 e. The van der Waals surface area contributed by atoms with Gasteiger partial charge < -0.3 is 19.2 Å². The van der Waals surface area contributed by atoms with Crippen molar-refractivity contribution in [3.8, 4) is 28.4 Å². The van der Waals surface area contributed by atoms with Gasteiger partial charge in [-0.3, -0.25) is 19.7 Å². The van der Waals surface area contributed by atoms with E-state index in [1.807, 2.05) is 48.5 Å². The number of amides is 1. The number of nitro groups is 1. The Morgan fingerprint density at radius 1 is 0.935 bits per heavy atom. The number of benzene rings is 4. The van der Waals surface area contributed by atoms with E-state index in [-0.39, 0.29) is 34.7 Å². The SMILES string of the molecule is COc1cc(C(=O)N2N=C(c3c(-c4ccccc4)c4cc(Br)ccc4[nH]c3=O)C[C@H]2c2cccc([N+](=O)[O-])c2)cc(OC)c1OC. The molecule has 1 atom stereocenters. The Kier molecular flexibility index (Phi) is 8.29. The van der Waals surface area contributed by atoms with Crippen LogP contribution in [0.4, 0.5) is 5.69 Å². The monoisotopic (exact) mass is 682 g/mol. The average molecular weight is 684 g/mol. The zero-order valence-corrected chi connectivity index (χ0v) is 26.5. The number of aromatic nitrogens is 1. The molecule has 0 spiro atoms. The molecule has 1 aliphatic rings. The molecule has 6 rings (SSSR count). The van der Waals surface area contributed by atoms with E-state index in [2.05, 4.69) is 20.9 Å². The number of fused-ring (bicyclic) bond motifs is 1. The number of nitro benzene ring substituents is 1. The van der Waals surface area contributed by atoms with Gasteiger partial charge in [0.1, 0.15) is 0 Å². The van der Waals surface area contributed by atoms with Gasteiger partial charge in [0.25, 0.3) is 17.2 Å². The van der Waals surface area contributed by atoms with Gasteiger partial charge in [0, 0.05) is 45.1 Å².